The van der Waals surface area contributed by atoms with Gasteiger partial charge in [-0.15, -0.1) is 0 Å². The molecule has 1 aromatic heterocycles. The van der Waals surface area contributed by atoms with Crippen molar-refractivity contribution in [1.82, 2.24) is 4.98 Å². The third-order valence-corrected chi connectivity index (χ3v) is 2.06. The SMILES string of the molecule is C[NH+](C)Cc1ccc(O)c(C[NH+](C)C)n1. The number of pyridine rings is 1. The van der Waals surface area contributed by atoms with E-state index in [-0.39, 0.29) is 0 Å². The van der Waals surface area contributed by atoms with Gasteiger partial charge in [-0.3, -0.25) is 0 Å². The molecule has 84 valence electrons. The summed E-state index contributed by atoms with van der Waals surface area (Å²) in [5, 5.41) is 9.64. The molecule has 0 bridgehead atoms. The zero-order valence-electron chi connectivity index (χ0n) is 9.96. The van der Waals surface area contributed by atoms with Crippen LogP contribution in [0.15, 0.2) is 12.1 Å². The number of nitrogens with zero attached hydrogens (tertiary/aromatic N) is 1. The first-order valence-electron chi connectivity index (χ1n) is 5.25. The molecule has 0 amide bonds. The Balaban J connectivity index is 2.85. The Bertz CT molecular complexity index is 324. The predicted octanol–water partition coefficient (Wildman–Crippen LogP) is -1.92. The van der Waals surface area contributed by atoms with Crippen LogP contribution in [-0.4, -0.2) is 38.3 Å². The second-order valence-electron chi connectivity index (χ2n) is 4.54. The molecule has 1 heterocycles. The minimum atomic E-state index is 0.300. The smallest absolute Gasteiger partial charge is 0.142 e. The summed E-state index contributed by atoms with van der Waals surface area (Å²) in [4.78, 5) is 7.05. The number of hydrogen-bond acceptors (Lipinski definition) is 2. The maximum absolute atomic E-state index is 9.64. The number of nitrogens with one attached hydrogen (secondary N) is 2. The van der Waals surface area contributed by atoms with E-state index in [0.29, 0.717) is 5.75 Å². The van der Waals surface area contributed by atoms with Crippen LogP contribution in [0.3, 0.4) is 0 Å². The van der Waals surface area contributed by atoms with E-state index in [4.69, 9.17) is 0 Å². The summed E-state index contributed by atoms with van der Waals surface area (Å²) < 4.78 is 0. The second kappa shape index (κ2) is 5.09. The van der Waals surface area contributed by atoms with Crippen molar-refractivity contribution in [1.29, 1.82) is 0 Å². The highest BCUT2D eigenvalue weighted by Crippen LogP contribution is 2.13. The summed E-state index contributed by atoms with van der Waals surface area (Å²) in [5.41, 5.74) is 1.82. The largest absolute Gasteiger partial charge is 0.506 e. The van der Waals surface area contributed by atoms with Crippen LogP contribution >= 0.6 is 0 Å². The Labute approximate surface area is 91.2 Å². The molecule has 0 aliphatic heterocycles. The Kier molecular flexibility index (Phi) is 4.05. The molecule has 4 heteroatoms. The maximum Gasteiger partial charge on any atom is 0.142 e. The Morgan fingerprint density at radius 3 is 2.20 bits per heavy atom. The molecule has 0 aromatic carbocycles. The highest BCUT2D eigenvalue weighted by Gasteiger charge is 2.09. The summed E-state index contributed by atoms with van der Waals surface area (Å²) in [5.74, 6) is 0.300. The van der Waals surface area contributed by atoms with Crippen molar-refractivity contribution < 1.29 is 14.9 Å². The zero-order valence-corrected chi connectivity index (χ0v) is 9.96. The normalized spacial score (nSPS) is 11.3. The fraction of sp³-hybridized carbons (Fsp3) is 0.545. The fourth-order valence-corrected chi connectivity index (χ4v) is 1.46. The molecular weight excluding hydrogens is 190 g/mol. The van der Waals surface area contributed by atoms with Crippen molar-refractivity contribution in [3.05, 3.63) is 23.5 Å². The Morgan fingerprint density at radius 2 is 1.67 bits per heavy atom. The van der Waals surface area contributed by atoms with Gasteiger partial charge in [0.25, 0.3) is 0 Å². The van der Waals surface area contributed by atoms with Crippen LogP contribution in [0.2, 0.25) is 0 Å². The van der Waals surface area contributed by atoms with Crippen molar-refractivity contribution in [2.45, 2.75) is 13.1 Å². The molecular formula is C11H21N3O+2. The average molecular weight is 211 g/mol. The van der Waals surface area contributed by atoms with Gasteiger partial charge in [-0.1, -0.05) is 0 Å². The van der Waals surface area contributed by atoms with Gasteiger partial charge in [-0.05, 0) is 12.1 Å². The van der Waals surface area contributed by atoms with Crippen molar-refractivity contribution in [2.75, 3.05) is 28.2 Å². The molecule has 0 saturated carbocycles. The third-order valence-electron chi connectivity index (χ3n) is 2.06. The predicted molar refractivity (Wildman–Crippen MR) is 58.9 cm³/mol. The summed E-state index contributed by atoms with van der Waals surface area (Å²) in [6, 6.07) is 3.63. The number of rotatable bonds is 4. The number of hydrogen-bond donors (Lipinski definition) is 3. The van der Waals surface area contributed by atoms with Crippen molar-refractivity contribution in [2.24, 2.45) is 0 Å². The van der Waals surface area contributed by atoms with Gasteiger partial charge in [0.05, 0.1) is 33.9 Å². The molecule has 3 N–H and O–H groups in total. The van der Waals surface area contributed by atoms with Gasteiger partial charge in [-0.25, -0.2) is 4.98 Å². The lowest BCUT2D eigenvalue weighted by Gasteiger charge is -2.11. The first-order chi connectivity index (χ1) is 6.99. The molecule has 15 heavy (non-hydrogen) atoms. The van der Waals surface area contributed by atoms with Gasteiger partial charge >= 0.3 is 0 Å². The average Bonchev–Trinajstić information content (AvgIpc) is 2.09. The summed E-state index contributed by atoms with van der Waals surface area (Å²) in [6.07, 6.45) is 0. The van der Waals surface area contributed by atoms with Crippen LogP contribution in [0, 0.1) is 0 Å². The van der Waals surface area contributed by atoms with E-state index < -0.39 is 0 Å². The lowest BCUT2D eigenvalue weighted by atomic mass is 10.2. The van der Waals surface area contributed by atoms with Crippen LogP contribution in [-0.2, 0) is 13.1 Å². The zero-order chi connectivity index (χ0) is 11.4. The minimum Gasteiger partial charge on any atom is -0.506 e. The minimum absolute atomic E-state index is 0.300. The number of aromatic nitrogens is 1. The van der Waals surface area contributed by atoms with Crippen LogP contribution < -0.4 is 9.80 Å². The van der Waals surface area contributed by atoms with Crippen LogP contribution in [0.5, 0.6) is 5.75 Å². The molecule has 0 atom stereocenters. The quantitative estimate of drug-likeness (QED) is 0.543. The van der Waals surface area contributed by atoms with E-state index in [1.807, 2.05) is 20.2 Å². The summed E-state index contributed by atoms with van der Waals surface area (Å²) in [6.45, 7) is 1.64. The fourth-order valence-electron chi connectivity index (χ4n) is 1.46. The van der Waals surface area contributed by atoms with Crippen molar-refractivity contribution >= 4 is 0 Å². The summed E-state index contributed by atoms with van der Waals surface area (Å²) >= 11 is 0. The monoisotopic (exact) mass is 211 g/mol. The maximum atomic E-state index is 9.64. The summed E-state index contributed by atoms with van der Waals surface area (Å²) in [7, 11) is 8.27. The van der Waals surface area contributed by atoms with E-state index in [2.05, 4.69) is 19.1 Å². The molecule has 0 radical (unpaired) electrons. The van der Waals surface area contributed by atoms with Crippen LogP contribution in [0.1, 0.15) is 11.4 Å². The number of quaternary nitrogens is 2. The number of aromatic hydroxyl groups is 1. The topological polar surface area (TPSA) is 42.0 Å². The molecule has 1 aromatic rings. The van der Waals surface area contributed by atoms with Gasteiger partial charge in [-0.2, -0.15) is 0 Å². The van der Waals surface area contributed by atoms with Crippen molar-refractivity contribution in [3.8, 4) is 5.75 Å². The van der Waals surface area contributed by atoms with Gasteiger partial charge in [0, 0.05) is 0 Å². The van der Waals surface area contributed by atoms with Gasteiger partial charge in [0.1, 0.15) is 24.5 Å². The third kappa shape index (κ3) is 3.85. The molecule has 0 aliphatic rings. The lowest BCUT2D eigenvalue weighted by Crippen LogP contribution is -3.04. The van der Waals surface area contributed by atoms with E-state index >= 15 is 0 Å². The van der Waals surface area contributed by atoms with Gasteiger partial charge in [0.2, 0.25) is 0 Å². The highest BCUT2D eigenvalue weighted by atomic mass is 16.3. The standard InChI is InChI=1S/C11H19N3O/c1-13(2)7-9-5-6-11(15)10(12-9)8-14(3)4/h5-6,15H,7-8H2,1-4H3/p+2. The van der Waals surface area contributed by atoms with Crippen LogP contribution in [0.4, 0.5) is 0 Å². The first-order valence-corrected chi connectivity index (χ1v) is 5.25. The lowest BCUT2D eigenvalue weighted by molar-refractivity contribution is -0.874. The molecule has 4 nitrogen and oxygen atoms in total. The van der Waals surface area contributed by atoms with E-state index in [1.54, 1.807) is 6.07 Å². The van der Waals surface area contributed by atoms with Crippen LogP contribution in [0.25, 0.3) is 0 Å². The molecule has 0 unspecified atom stereocenters. The van der Waals surface area contributed by atoms with Gasteiger partial charge < -0.3 is 14.9 Å². The van der Waals surface area contributed by atoms with Crippen molar-refractivity contribution in [3.63, 3.8) is 0 Å². The Hall–Kier alpha value is -1.13. The molecule has 0 fully saturated rings. The molecule has 0 spiro atoms. The second-order valence-corrected chi connectivity index (χ2v) is 4.54. The van der Waals surface area contributed by atoms with E-state index in [9.17, 15) is 5.11 Å². The van der Waals surface area contributed by atoms with E-state index in [1.165, 1.54) is 9.80 Å². The first kappa shape index (κ1) is 11.9. The Morgan fingerprint density at radius 1 is 1.07 bits per heavy atom. The highest BCUT2D eigenvalue weighted by molar-refractivity contribution is 5.26. The molecule has 0 saturated heterocycles. The molecule has 0 aliphatic carbocycles. The van der Waals surface area contributed by atoms with E-state index in [0.717, 1.165) is 24.5 Å². The molecule has 1 rings (SSSR count). The van der Waals surface area contributed by atoms with Gasteiger partial charge in [0.15, 0.2) is 0 Å².